The molecule has 0 amide bonds. The Bertz CT molecular complexity index is 455. The van der Waals surface area contributed by atoms with Crippen molar-refractivity contribution >= 4 is 5.97 Å². The minimum atomic E-state index is -0.510. The van der Waals surface area contributed by atoms with Crippen molar-refractivity contribution in [2.24, 2.45) is 11.8 Å². The van der Waals surface area contributed by atoms with E-state index in [9.17, 15) is 9.90 Å². The van der Waals surface area contributed by atoms with Crippen molar-refractivity contribution in [1.29, 1.82) is 0 Å². The first-order valence-electron chi connectivity index (χ1n) is 7.57. The summed E-state index contributed by atoms with van der Waals surface area (Å²) < 4.78 is 10.2. The van der Waals surface area contributed by atoms with E-state index < -0.39 is 6.10 Å². The van der Waals surface area contributed by atoms with Gasteiger partial charge in [-0.05, 0) is 5.56 Å². The van der Waals surface area contributed by atoms with E-state index in [0.29, 0.717) is 13.2 Å². The van der Waals surface area contributed by atoms with Gasteiger partial charge in [-0.2, -0.15) is 0 Å². The predicted octanol–water partition coefficient (Wildman–Crippen LogP) is 2.96. The number of hydrogen-bond donors (Lipinski definition) is 1. The van der Waals surface area contributed by atoms with E-state index in [4.69, 9.17) is 4.74 Å². The molecule has 22 heavy (non-hydrogen) atoms. The number of esters is 1. The molecule has 1 rings (SSSR count). The molecule has 0 heterocycles. The van der Waals surface area contributed by atoms with Gasteiger partial charge in [0.15, 0.2) is 0 Å². The van der Waals surface area contributed by atoms with E-state index in [1.54, 1.807) is 6.08 Å². The normalized spacial score (nSPS) is 15.5. The number of methoxy groups -OCH3 is 1. The fourth-order valence-corrected chi connectivity index (χ4v) is 2.13. The maximum atomic E-state index is 11.0. The quantitative estimate of drug-likeness (QED) is 0.563. The first kappa shape index (κ1) is 18.4. The van der Waals surface area contributed by atoms with Crippen LogP contribution in [0.4, 0.5) is 0 Å². The summed E-state index contributed by atoms with van der Waals surface area (Å²) >= 11 is 0. The highest BCUT2D eigenvalue weighted by atomic mass is 16.5. The van der Waals surface area contributed by atoms with Crippen molar-refractivity contribution in [3.63, 3.8) is 0 Å². The summed E-state index contributed by atoms with van der Waals surface area (Å²) in [6.45, 7) is 4.92. The van der Waals surface area contributed by atoms with Crippen LogP contribution in [-0.2, 0) is 20.9 Å². The number of aliphatic hydroxyl groups is 1. The van der Waals surface area contributed by atoms with Crippen molar-refractivity contribution in [2.75, 3.05) is 13.7 Å². The van der Waals surface area contributed by atoms with Gasteiger partial charge in [0.05, 0.1) is 32.8 Å². The summed E-state index contributed by atoms with van der Waals surface area (Å²) in [5.74, 6) is -0.307. The summed E-state index contributed by atoms with van der Waals surface area (Å²) in [4.78, 5) is 11.0. The maximum Gasteiger partial charge on any atom is 0.309 e. The van der Waals surface area contributed by atoms with Crippen LogP contribution in [0.5, 0.6) is 0 Å². The topological polar surface area (TPSA) is 55.8 Å². The zero-order valence-corrected chi connectivity index (χ0v) is 13.6. The number of carbonyl (C=O) groups excluding carboxylic acids is 1. The van der Waals surface area contributed by atoms with Gasteiger partial charge in [0, 0.05) is 11.8 Å². The fourth-order valence-electron chi connectivity index (χ4n) is 2.13. The molecule has 1 aromatic rings. The van der Waals surface area contributed by atoms with Gasteiger partial charge in [0.25, 0.3) is 0 Å². The first-order chi connectivity index (χ1) is 10.5. The molecule has 0 bridgehead atoms. The van der Waals surface area contributed by atoms with Gasteiger partial charge < -0.3 is 14.6 Å². The zero-order valence-electron chi connectivity index (χ0n) is 13.6. The lowest BCUT2D eigenvalue weighted by Gasteiger charge is -2.22. The van der Waals surface area contributed by atoms with Crippen LogP contribution < -0.4 is 0 Å². The summed E-state index contributed by atoms with van der Waals surface area (Å²) in [5, 5.41) is 10.3. The van der Waals surface area contributed by atoms with Crippen LogP contribution in [0, 0.1) is 11.8 Å². The highest BCUT2D eigenvalue weighted by Gasteiger charge is 2.19. The first-order valence-corrected chi connectivity index (χ1v) is 7.57. The Morgan fingerprint density at radius 1 is 1.27 bits per heavy atom. The highest BCUT2D eigenvalue weighted by Crippen LogP contribution is 2.16. The summed E-state index contributed by atoms with van der Waals surface area (Å²) in [7, 11) is 1.36. The third-order valence-corrected chi connectivity index (χ3v) is 3.57. The maximum absolute atomic E-state index is 11.0. The van der Waals surface area contributed by atoms with Gasteiger partial charge in [0.1, 0.15) is 0 Å². The van der Waals surface area contributed by atoms with E-state index in [0.717, 1.165) is 5.56 Å². The van der Waals surface area contributed by atoms with Gasteiger partial charge in [-0.15, -0.1) is 0 Å². The van der Waals surface area contributed by atoms with Gasteiger partial charge in [0.2, 0.25) is 0 Å². The van der Waals surface area contributed by atoms with Gasteiger partial charge in [-0.1, -0.05) is 56.3 Å². The standard InChI is InChI=1S/C18H26O4/c1-14(8-7-11-17(19)21-3)18(20)15(2)12-22-13-16-9-5-4-6-10-16/h4-10,14-15,18,20H,11-13H2,1-3H3/b8-7+/t14-,15+,18-/m1/s1. The second kappa shape index (κ2) is 10.1. The molecule has 0 fully saturated rings. The lowest BCUT2D eigenvalue weighted by Crippen LogP contribution is -2.27. The largest absolute Gasteiger partial charge is 0.469 e. The molecule has 0 saturated carbocycles. The smallest absolute Gasteiger partial charge is 0.309 e. The van der Waals surface area contributed by atoms with Gasteiger partial charge >= 0.3 is 5.97 Å². The Kier molecular flexibility index (Phi) is 8.48. The number of hydrogen-bond acceptors (Lipinski definition) is 4. The lowest BCUT2D eigenvalue weighted by atomic mass is 9.93. The molecule has 0 unspecified atom stereocenters. The highest BCUT2D eigenvalue weighted by molar-refractivity contribution is 5.70. The van der Waals surface area contributed by atoms with Crippen LogP contribution in [-0.4, -0.2) is 30.9 Å². The second-order valence-electron chi connectivity index (χ2n) is 5.54. The molecule has 0 aliphatic heterocycles. The summed E-state index contributed by atoms with van der Waals surface area (Å²) in [5.41, 5.74) is 1.12. The molecular weight excluding hydrogens is 280 g/mol. The molecule has 3 atom stereocenters. The van der Waals surface area contributed by atoms with E-state index in [1.165, 1.54) is 7.11 Å². The van der Waals surface area contributed by atoms with Crippen LogP contribution in [0.3, 0.4) is 0 Å². The van der Waals surface area contributed by atoms with Crippen molar-refractivity contribution in [1.82, 2.24) is 0 Å². The second-order valence-corrected chi connectivity index (χ2v) is 5.54. The Balaban J connectivity index is 2.31. The van der Waals surface area contributed by atoms with Crippen LogP contribution >= 0.6 is 0 Å². The van der Waals surface area contributed by atoms with E-state index >= 15 is 0 Å². The Morgan fingerprint density at radius 3 is 2.59 bits per heavy atom. The van der Waals surface area contributed by atoms with Gasteiger partial charge in [-0.3, -0.25) is 4.79 Å². The number of rotatable bonds is 9. The Labute approximate surface area is 132 Å². The van der Waals surface area contributed by atoms with Crippen molar-refractivity contribution in [3.05, 3.63) is 48.0 Å². The minimum Gasteiger partial charge on any atom is -0.469 e. The lowest BCUT2D eigenvalue weighted by molar-refractivity contribution is -0.139. The molecule has 122 valence electrons. The summed E-state index contributed by atoms with van der Waals surface area (Å²) in [6, 6.07) is 9.95. The molecule has 0 radical (unpaired) electrons. The van der Waals surface area contributed by atoms with Crippen molar-refractivity contribution < 1.29 is 19.4 Å². The molecule has 1 aromatic carbocycles. The molecule has 0 aliphatic rings. The predicted molar refractivity (Wildman–Crippen MR) is 86.2 cm³/mol. The molecule has 0 spiro atoms. The molecule has 0 saturated heterocycles. The third-order valence-electron chi connectivity index (χ3n) is 3.57. The minimum absolute atomic E-state index is 0.0153. The number of aliphatic hydroxyl groups excluding tert-OH is 1. The van der Waals surface area contributed by atoms with E-state index in [2.05, 4.69) is 4.74 Å². The number of carbonyl (C=O) groups is 1. The molecule has 0 aliphatic carbocycles. The third kappa shape index (κ3) is 6.87. The molecule has 0 aromatic heterocycles. The van der Waals surface area contributed by atoms with Crippen molar-refractivity contribution in [2.45, 2.75) is 33.0 Å². The summed E-state index contributed by atoms with van der Waals surface area (Å²) in [6.07, 6.45) is 3.29. The molecule has 1 N–H and O–H groups in total. The average molecular weight is 306 g/mol. The van der Waals surface area contributed by atoms with Crippen LogP contribution in [0.25, 0.3) is 0 Å². The Morgan fingerprint density at radius 2 is 1.95 bits per heavy atom. The van der Waals surface area contributed by atoms with Crippen molar-refractivity contribution in [3.8, 4) is 0 Å². The average Bonchev–Trinajstić information content (AvgIpc) is 2.54. The van der Waals surface area contributed by atoms with Gasteiger partial charge in [-0.25, -0.2) is 0 Å². The molecular formula is C18H26O4. The zero-order chi connectivity index (χ0) is 16.4. The van der Waals surface area contributed by atoms with Crippen LogP contribution in [0.1, 0.15) is 25.8 Å². The number of benzene rings is 1. The van der Waals surface area contributed by atoms with E-state index in [-0.39, 0.29) is 24.2 Å². The van der Waals surface area contributed by atoms with Crippen LogP contribution in [0.15, 0.2) is 42.5 Å². The number of ether oxygens (including phenoxy) is 2. The Hall–Kier alpha value is -1.65. The molecule has 4 nitrogen and oxygen atoms in total. The van der Waals surface area contributed by atoms with Crippen LogP contribution in [0.2, 0.25) is 0 Å². The molecule has 4 heteroatoms. The monoisotopic (exact) mass is 306 g/mol. The van der Waals surface area contributed by atoms with E-state index in [1.807, 2.05) is 50.3 Å². The fraction of sp³-hybridized carbons (Fsp3) is 0.500. The SMILES string of the molecule is COC(=O)C/C=C/[C@@H](C)[C@@H](O)[C@@H](C)COCc1ccccc1.